The molecule has 18 heavy (non-hydrogen) atoms. The van der Waals surface area contributed by atoms with Crippen molar-refractivity contribution in [3.05, 3.63) is 54.2 Å². The van der Waals surface area contributed by atoms with E-state index in [1.165, 1.54) is 5.56 Å². The quantitative estimate of drug-likeness (QED) is 0.760. The summed E-state index contributed by atoms with van der Waals surface area (Å²) in [5, 5.41) is 7.60. The van der Waals surface area contributed by atoms with Crippen molar-refractivity contribution in [2.75, 3.05) is 7.05 Å². The summed E-state index contributed by atoms with van der Waals surface area (Å²) in [6, 6.07) is 14.1. The molecule has 0 spiro atoms. The van der Waals surface area contributed by atoms with Gasteiger partial charge in [0.05, 0.1) is 0 Å². The minimum atomic E-state index is 0.761. The van der Waals surface area contributed by atoms with Crippen molar-refractivity contribution in [1.29, 1.82) is 0 Å². The largest absolute Gasteiger partial charge is 0.316 e. The highest BCUT2D eigenvalue weighted by atomic mass is 15.3. The van der Waals surface area contributed by atoms with E-state index >= 15 is 0 Å². The van der Waals surface area contributed by atoms with Gasteiger partial charge in [0.15, 0.2) is 11.5 Å². The lowest BCUT2D eigenvalue weighted by Gasteiger charge is -1.98. The zero-order valence-corrected chi connectivity index (χ0v) is 10.2. The van der Waals surface area contributed by atoms with Gasteiger partial charge in [-0.15, -0.1) is 5.10 Å². The lowest BCUT2D eigenvalue weighted by atomic mass is 10.2. The summed E-state index contributed by atoms with van der Waals surface area (Å²) in [4.78, 5) is 4.55. The number of benzene rings is 1. The minimum absolute atomic E-state index is 0.761. The number of hydrogen-bond donors (Lipinski definition) is 1. The second kappa shape index (κ2) is 4.58. The van der Waals surface area contributed by atoms with Gasteiger partial charge in [-0.1, -0.05) is 30.3 Å². The van der Waals surface area contributed by atoms with Gasteiger partial charge in [0.2, 0.25) is 0 Å². The average Bonchev–Trinajstić information content (AvgIpc) is 2.83. The van der Waals surface area contributed by atoms with Crippen molar-refractivity contribution < 1.29 is 0 Å². The summed E-state index contributed by atoms with van der Waals surface area (Å²) in [6.45, 7) is 0.837. The van der Waals surface area contributed by atoms with Gasteiger partial charge in [-0.3, -0.25) is 0 Å². The normalized spacial score (nSPS) is 10.9. The molecular weight excluding hydrogens is 224 g/mol. The Bertz CT molecular complexity index is 658. The molecule has 0 aliphatic rings. The van der Waals surface area contributed by atoms with Gasteiger partial charge in [-0.25, -0.2) is 9.50 Å². The van der Waals surface area contributed by atoms with Crippen LogP contribution in [0.4, 0.5) is 0 Å². The van der Waals surface area contributed by atoms with E-state index in [-0.39, 0.29) is 0 Å². The third kappa shape index (κ3) is 1.98. The molecule has 2 heterocycles. The fourth-order valence-electron chi connectivity index (χ4n) is 1.95. The van der Waals surface area contributed by atoms with Crippen molar-refractivity contribution in [3.8, 4) is 11.4 Å². The van der Waals surface area contributed by atoms with Gasteiger partial charge in [0, 0.05) is 18.3 Å². The number of hydrogen-bond acceptors (Lipinski definition) is 3. The Morgan fingerprint density at radius 3 is 2.78 bits per heavy atom. The van der Waals surface area contributed by atoms with Crippen LogP contribution in [0.2, 0.25) is 0 Å². The van der Waals surface area contributed by atoms with E-state index in [1.54, 1.807) is 0 Å². The third-order valence-electron chi connectivity index (χ3n) is 2.81. The topological polar surface area (TPSA) is 42.2 Å². The maximum atomic E-state index is 4.55. The van der Waals surface area contributed by atoms with Crippen molar-refractivity contribution in [2.24, 2.45) is 0 Å². The minimum Gasteiger partial charge on any atom is -0.316 e. The molecular formula is C14H14N4. The molecule has 0 atom stereocenters. The van der Waals surface area contributed by atoms with Crippen LogP contribution in [0.3, 0.4) is 0 Å². The fraction of sp³-hybridized carbons (Fsp3) is 0.143. The predicted molar refractivity (Wildman–Crippen MR) is 71.2 cm³/mol. The van der Waals surface area contributed by atoms with Gasteiger partial charge in [-0.05, 0) is 24.7 Å². The molecule has 1 N–H and O–H groups in total. The van der Waals surface area contributed by atoms with Gasteiger partial charge in [-0.2, -0.15) is 0 Å². The highest BCUT2D eigenvalue weighted by Gasteiger charge is 2.05. The van der Waals surface area contributed by atoms with Crippen LogP contribution in [0.5, 0.6) is 0 Å². The van der Waals surface area contributed by atoms with Crippen LogP contribution in [-0.2, 0) is 6.54 Å². The molecule has 1 aromatic carbocycles. The van der Waals surface area contributed by atoms with E-state index in [0.717, 1.165) is 23.6 Å². The van der Waals surface area contributed by atoms with Gasteiger partial charge in [0.25, 0.3) is 0 Å². The molecule has 0 unspecified atom stereocenters. The molecule has 0 bridgehead atoms. The maximum absolute atomic E-state index is 4.55. The Morgan fingerprint density at radius 2 is 2.00 bits per heavy atom. The van der Waals surface area contributed by atoms with Crippen LogP contribution in [0.1, 0.15) is 5.56 Å². The molecule has 0 radical (unpaired) electrons. The average molecular weight is 238 g/mol. The lowest BCUT2D eigenvalue weighted by molar-refractivity contribution is 0.813. The highest BCUT2D eigenvalue weighted by molar-refractivity contribution is 5.58. The SMILES string of the molecule is CNCc1ccn2nc(-c3ccccc3)nc2c1. The van der Waals surface area contributed by atoms with Gasteiger partial charge in [0.1, 0.15) is 0 Å². The predicted octanol–water partition coefficient (Wildman–Crippen LogP) is 2.12. The number of nitrogens with one attached hydrogen (secondary N) is 1. The number of nitrogens with zero attached hydrogens (tertiary/aromatic N) is 3. The van der Waals surface area contributed by atoms with Crippen LogP contribution >= 0.6 is 0 Å². The second-order valence-electron chi connectivity index (χ2n) is 4.17. The van der Waals surface area contributed by atoms with E-state index in [0.29, 0.717) is 0 Å². The van der Waals surface area contributed by atoms with E-state index in [9.17, 15) is 0 Å². The van der Waals surface area contributed by atoms with E-state index in [2.05, 4.69) is 21.5 Å². The van der Waals surface area contributed by atoms with Crippen LogP contribution in [0, 0.1) is 0 Å². The Balaban J connectivity index is 2.06. The van der Waals surface area contributed by atoms with E-state index in [1.807, 2.05) is 54.2 Å². The smallest absolute Gasteiger partial charge is 0.182 e. The molecule has 2 aromatic heterocycles. The van der Waals surface area contributed by atoms with Crippen LogP contribution in [-0.4, -0.2) is 21.6 Å². The Hall–Kier alpha value is -2.20. The van der Waals surface area contributed by atoms with E-state index < -0.39 is 0 Å². The van der Waals surface area contributed by atoms with E-state index in [4.69, 9.17) is 0 Å². The molecule has 0 saturated carbocycles. The molecule has 0 aliphatic heterocycles. The first-order valence-corrected chi connectivity index (χ1v) is 5.92. The Morgan fingerprint density at radius 1 is 1.17 bits per heavy atom. The fourth-order valence-corrected chi connectivity index (χ4v) is 1.95. The van der Waals surface area contributed by atoms with Crippen LogP contribution in [0.25, 0.3) is 17.0 Å². The molecule has 0 saturated heterocycles. The second-order valence-corrected chi connectivity index (χ2v) is 4.17. The first-order chi connectivity index (χ1) is 8.86. The molecule has 3 rings (SSSR count). The molecule has 0 aliphatic carbocycles. The van der Waals surface area contributed by atoms with Crippen molar-refractivity contribution in [1.82, 2.24) is 19.9 Å². The zero-order valence-electron chi connectivity index (χ0n) is 10.2. The van der Waals surface area contributed by atoms with Crippen molar-refractivity contribution in [2.45, 2.75) is 6.54 Å². The summed E-state index contributed by atoms with van der Waals surface area (Å²) >= 11 is 0. The third-order valence-corrected chi connectivity index (χ3v) is 2.81. The van der Waals surface area contributed by atoms with Crippen molar-refractivity contribution >= 4 is 5.65 Å². The van der Waals surface area contributed by atoms with Gasteiger partial charge < -0.3 is 5.32 Å². The maximum Gasteiger partial charge on any atom is 0.182 e. The molecule has 3 aromatic rings. The number of fused-ring (bicyclic) bond motifs is 1. The zero-order chi connectivity index (χ0) is 12.4. The molecule has 4 nitrogen and oxygen atoms in total. The first-order valence-electron chi connectivity index (χ1n) is 5.92. The number of pyridine rings is 1. The summed E-state index contributed by atoms with van der Waals surface area (Å²) in [7, 11) is 1.93. The summed E-state index contributed by atoms with van der Waals surface area (Å²) in [5.74, 6) is 0.761. The molecule has 90 valence electrons. The monoisotopic (exact) mass is 238 g/mol. The van der Waals surface area contributed by atoms with Crippen LogP contribution < -0.4 is 5.32 Å². The lowest BCUT2D eigenvalue weighted by Crippen LogP contribution is -2.05. The standard InChI is InChI=1S/C14H14N4/c1-15-10-11-7-8-18-13(9-11)16-14(17-18)12-5-3-2-4-6-12/h2-9,15H,10H2,1H3. The van der Waals surface area contributed by atoms with Gasteiger partial charge >= 0.3 is 0 Å². The highest BCUT2D eigenvalue weighted by Crippen LogP contribution is 2.16. The first kappa shape index (κ1) is 10.9. The number of aromatic nitrogens is 3. The van der Waals surface area contributed by atoms with Crippen LogP contribution in [0.15, 0.2) is 48.7 Å². The molecule has 0 fully saturated rings. The Labute approximate surface area is 105 Å². The summed E-state index contributed by atoms with van der Waals surface area (Å²) < 4.78 is 1.81. The summed E-state index contributed by atoms with van der Waals surface area (Å²) in [6.07, 6.45) is 1.95. The Kier molecular flexibility index (Phi) is 2.78. The number of rotatable bonds is 3. The van der Waals surface area contributed by atoms with Crippen molar-refractivity contribution in [3.63, 3.8) is 0 Å². The summed E-state index contributed by atoms with van der Waals surface area (Å²) in [5.41, 5.74) is 3.12. The molecule has 0 amide bonds. The molecule has 4 heteroatoms.